The molecule has 0 amide bonds. The summed E-state index contributed by atoms with van der Waals surface area (Å²) >= 11 is 6.82. The van der Waals surface area contributed by atoms with Crippen molar-refractivity contribution in [3.8, 4) is 11.5 Å². The summed E-state index contributed by atoms with van der Waals surface area (Å²) in [5.74, 6) is 1.87. The molecule has 188 valence electrons. The van der Waals surface area contributed by atoms with E-state index in [-0.39, 0.29) is 27.6 Å². The molecule has 0 aliphatic carbocycles. The van der Waals surface area contributed by atoms with E-state index in [1.165, 1.54) is 33.4 Å². The number of hydrogen-bond donors (Lipinski definition) is 0. The Bertz CT molecular complexity index is 990. The smallest absolute Gasteiger partial charge is 0.401 e. The number of fused-ring (bicyclic) bond motifs is 2. The van der Waals surface area contributed by atoms with E-state index in [1.807, 2.05) is 0 Å². The maximum atomic E-state index is 6.82. The Labute approximate surface area is 214 Å². The fourth-order valence-corrected chi connectivity index (χ4v) is 5.61. The van der Waals surface area contributed by atoms with Gasteiger partial charge < -0.3 is 9.05 Å². The van der Waals surface area contributed by atoms with Gasteiger partial charge in [0.1, 0.15) is 11.5 Å². The van der Waals surface area contributed by atoms with Crippen molar-refractivity contribution < 1.29 is 9.05 Å². The van der Waals surface area contributed by atoms with Gasteiger partial charge in [0.05, 0.1) is 0 Å². The summed E-state index contributed by atoms with van der Waals surface area (Å²) < 4.78 is 12.9. The minimum atomic E-state index is -1.66. The van der Waals surface area contributed by atoms with E-state index in [0.717, 1.165) is 11.5 Å². The maximum Gasteiger partial charge on any atom is 0.401 e. The minimum Gasteiger partial charge on any atom is -0.427 e. The summed E-state index contributed by atoms with van der Waals surface area (Å²) in [7, 11) is -1.66. The Morgan fingerprint density at radius 3 is 1.18 bits per heavy atom. The van der Waals surface area contributed by atoms with Crippen LogP contribution in [0.15, 0.2) is 24.3 Å². The predicted octanol–water partition coefficient (Wildman–Crippen LogP) is 10.3. The second kappa shape index (κ2) is 8.70. The Morgan fingerprint density at radius 1 is 0.588 bits per heavy atom. The van der Waals surface area contributed by atoms with Gasteiger partial charge in [0.15, 0.2) is 0 Å². The van der Waals surface area contributed by atoms with Gasteiger partial charge in [-0.3, -0.25) is 0 Å². The average molecular weight is 503 g/mol. The van der Waals surface area contributed by atoms with Crippen LogP contribution >= 0.6 is 19.0 Å². The molecule has 2 aromatic carbocycles. The number of halogens is 1. The van der Waals surface area contributed by atoms with Crippen LogP contribution in [0.5, 0.6) is 11.5 Å². The van der Waals surface area contributed by atoms with E-state index in [1.54, 1.807) is 0 Å². The Kier molecular flexibility index (Phi) is 7.00. The molecule has 0 aromatic heterocycles. The summed E-state index contributed by atoms with van der Waals surface area (Å²) in [6, 6.07) is 9.29. The molecule has 0 spiro atoms. The SMILES string of the molecule is CC1c2cc(C(C)(C)C)cc(C(C)(C)C)c2OP(Cl)Oc2c1cc(C(C)(C)C)cc2C(C)(C)C. The van der Waals surface area contributed by atoms with Crippen molar-refractivity contribution in [2.24, 2.45) is 0 Å². The average Bonchev–Trinajstić information content (AvgIpc) is 2.63. The van der Waals surface area contributed by atoms with Crippen LogP contribution in [0.4, 0.5) is 0 Å². The highest BCUT2D eigenvalue weighted by atomic mass is 35.7. The third kappa shape index (κ3) is 5.44. The van der Waals surface area contributed by atoms with Gasteiger partial charge >= 0.3 is 7.73 Å². The number of hydrogen-bond acceptors (Lipinski definition) is 2. The molecule has 2 nitrogen and oxygen atoms in total. The highest BCUT2D eigenvalue weighted by molar-refractivity contribution is 7.76. The predicted molar refractivity (Wildman–Crippen MR) is 149 cm³/mol. The summed E-state index contributed by atoms with van der Waals surface area (Å²) in [6.07, 6.45) is 0. The lowest BCUT2D eigenvalue weighted by atomic mass is 9.74. The molecule has 34 heavy (non-hydrogen) atoms. The molecule has 0 bridgehead atoms. The quantitative estimate of drug-likeness (QED) is 0.333. The molecule has 3 rings (SSSR count). The van der Waals surface area contributed by atoms with Crippen molar-refractivity contribution in [2.45, 2.75) is 118 Å². The Hall–Kier alpha value is -1.24. The molecule has 0 saturated heterocycles. The van der Waals surface area contributed by atoms with Crippen LogP contribution < -0.4 is 9.05 Å². The molecule has 1 aliphatic rings. The van der Waals surface area contributed by atoms with Crippen molar-refractivity contribution in [1.29, 1.82) is 0 Å². The largest absolute Gasteiger partial charge is 0.427 e. The second-order valence-corrected chi connectivity index (χ2v) is 15.6. The lowest BCUT2D eigenvalue weighted by Crippen LogP contribution is -2.22. The summed E-state index contributed by atoms with van der Waals surface area (Å²) in [4.78, 5) is 0. The zero-order valence-corrected chi connectivity index (χ0v) is 25.2. The van der Waals surface area contributed by atoms with Crippen molar-refractivity contribution in [1.82, 2.24) is 0 Å². The monoisotopic (exact) mass is 502 g/mol. The van der Waals surface area contributed by atoms with Crippen LogP contribution in [0, 0.1) is 0 Å². The van der Waals surface area contributed by atoms with Gasteiger partial charge in [-0.15, -0.1) is 0 Å². The lowest BCUT2D eigenvalue weighted by Gasteiger charge is -2.35. The minimum absolute atomic E-state index is 0.0198. The Morgan fingerprint density at radius 2 is 0.912 bits per heavy atom. The molecule has 4 heteroatoms. The van der Waals surface area contributed by atoms with Crippen LogP contribution in [0.1, 0.15) is 129 Å². The molecule has 0 fully saturated rings. The van der Waals surface area contributed by atoms with E-state index in [2.05, 4.69) is 114 Å². The summed E-state index contributed by atoms with van der Waals surface area (Å²) in [5, 5.41) is 0. The molecule has 0 radical (unpaired) electrons. The van der Waals surface area contributed by atoms with Gasteiger partial charge in [-0.2, -0.15) is 0 Å². The number of benzene rings is 2. The molecule has 0 unspecified atom stereocenters. The Balaban J connectivity index is 2.44. The zero-order chi connectivity index (χ0) is 26.0. The molecule has 0 saturated carbocycles. The van der Waals surface area contributed by atoms with Gasteiger partial charge in [-0.25, -0.2) is 0 Å². The summed E-state index contributed by atoms with van der Waals surface area (Å²) in [5.41, 5.74) is 7.25. The fraction of sp³-hybridized carbons (Fsp3) is 0.600. The maximum absolute atomic E-state index is 6.82. The van der Waals surface area contributed by atoms with Gasteiger partial charge in [0, 0.05) is 28.2 Å². The molecular weight excluding hydrogens is 459 g/mol. The highest BCUT2D eigenvalue weighted by Crippen LogP contribution is 2.57. The molecule has 2 aromatic rings. The molecule has 0 N–H and O–H groups in total. The van der Waals surface area contributed by atoms with Gasteiger partial charge in [-0.1, -0.05) is 114 Å². The van der Waals surface area contributed by atoms with E-state index in [4.69, 9.17) is 20.3 Å². The lowest BCUT2D eigenvalue weighted by molar-refractivity contribution is 0.452. The first-order chi connectivity index (χ1) is 15.2. The van der Waals surface area contributed by atoms with Crippen molar-refractivity contribution in [3.05, 3.63) is 57.6 Å². The van der Waals surface area contributed by atoms with E-state index in [0.29, 0.717) is 0 Å². The first-order valence-corrected chi connectivity index (χ1v) is 14.5. The summed E-state index contributed by atoms with van der Waals surface area (Å²) in [6.45, 7) is 29.4. The highest BCUT2D eigenvalue weighted by Gasteiger charge is 2.36. The van der Waals surface area contributed by atoms with Crippen LogP contribution in [0.25, 0.3) is 0 Å². The fourth-order valence-electron chi connectivity index (χ4n) is 4.46. The van der Waals surface area contributed by atoms with E-state index >= 15 is 0 Å². The third-order valence-corrected chi connectivity index (χ3v) is 7.91. The van der Waals surface area contributed by atoms with Crippen molar-refractivity contribution in [3.63, 3.8) is 0 Å². The molecule has 0 atom stereocenters. The van der Waals surface area contributed by atoms with Gasteiger partial charge in [-0.05, 0) is 44.0 Å². The van der Waals surface area contributed by atoms with Gasteiger partial charge in [0.2, 0.25) is 0 Å². The second-order valence-electron chi connectivity index (χ2n) is 14.0. The van der Waals surface area contributed by atoms with Crippen LogP contribution in [0.2, 0.25) is 0 Å². The molecule has 1 aliphatic heterocycles. The van der Waals surface area contributed by atoms with Crippen LogP contribution in [-0.4, -0.2) is 0 Å². The first kappa shape index (κ1) is 27.3. The molecule has 1 heterocycles. The van der Waals surface area contributed by atoms with Gasteiger partial charge in [0.25, 0.3) is 0 Å². The normalized spacial score (nSPS) is 19.4. The standard InChI is InChI=1S/C30H44ClO2P/c1-18-21-14-19(27(2,3)4)16-23(29(8,9)10)25(21)32-34(31)33-26-22(18)15-20(28(5,6)7)17-24(26)30(11,12)13/h14-18H,1-13H3. The van der Waals surface area contributed by atoms with Crippen LogP contribution in [0.3, 0.4) is 0 Å². The first-order valence-electron chi connectivity index (χ1n) is 12.4. The van der Waals surface area contributed by atoms with E-state index in [9.17, 15) is 0 Å². The van der Waals surface area contributed by atoms with Crippen LogP contribution in [-0.2, 0) is 21.7 Å². The number of rotatable bonds is 0. The zero-order valence-electron chi connectivity index (χ0n) is 23.5. The third-order valence-electron chi connectivity index (χ3n) is 6.84. The van der Waals surface area contributed by atoms with E-state index < -0.39 is 7.73 Å². The van der Waals surface area contributed by atoms with Crippen molar-refractivity contribution in [2.75, 3.05) is 0 Å². The topological polar surface area (TPSA) is 18.5 Å². The van der Waals surface area contributed by atoms with Crippen molar-refractivity contribution >= 4 is 19.0 Å². The molecular formula is C30H44ClO2P.